The van der Waals surface area contributed by atoms with Crippen LogP contribution in [0.2, 0.25) is 0 Å². The number of hydrogen-bond donors (Lipinski definition) is 1. The van der Waals surface area contributed by atoms with Crippen molar-refractivity contribution in [3.63, 3.8) is 0 Å². The Balaban J connectivity index is 1.59. The lowest BCUT2D eigenvalue weighted by molar-refractivity contribution is 0.0948. The smallest absolute Gasteiger partial charge is 0.254 e. The summed E-state index contributed by atoms with van der Waals surface area (Å²) in [4.78, 5) is 16.1. The number of hydrogen-bond acceptors (Lipinski definition) is 4. The fourth-order valence-corrected chi connectivity index (χ4v) is 2.26. The standard InChI is InChI=1S/C18H14F3N3O2/c1-10-2-4-11(5-3-10)17-23-14(26-24-17)8-9-22-18(25)12-6-7-13(19)16(21)15(12)20/h2-7H,8-9H2,1H3,(H,22,25). The number of aryl methyl sites for hydroxylation is 1. The van der Waals surface area contributed by atoms with Crippen LogP contribution in [0.15, 0.2) is 40.9 Å². The fraction of sp³-hybridized carbons (Fsp3) is 0.167. The summed E-state index contributed by atoms with van der Waals surface area (Å²) in [6.07, 6.45) is 0.204. The van der Waals surface area contributed by atoms with Crippen molar-refractivity contribution in [1.82, 2.24) is 15.5 Å². The molecule has 1 amide bonds. The third-order valence-corrected chi connectivity index (χ3v) is 3.68. The number of nitrogens with one attached hydrogen (secondary N) is 1. The van der Waals surface area contributed by atoms with E-state index in [4.69, 9.17) is 4.52 Å². The van der Waals surface area contributed by atoms with Crippen molar-refractivity contribution in [2.45, 2.75) is 13.3 Å². The first-order valence-corrected chi connectivity index (χ1v) is 7.77. The molecule has 1 aromatic heterocycles. The first-order valence-electron chi connectivity index (χ1n) is 7.77. The largest absolute Gasteiger partial charge is 0.351 e. The van der Waals surface area contributed by atoms with Gasteiger partial charge in [0.25, 0.3) is 5.91 Å². The molecule has 0 unspecified atom stereocenters. The topological polar surface area (TPSA) is 68.0 Å². The molecule has 1 N–H and O–H groups in total. The number of amides is 1. The summed E-state index contributed by atoms with van der Waals surface area (Å²) in [5.74, 6) is -4.72. The highest BCUT2D eigenvalue weighted by Crippen LogP contribution is 2.17. The Kier molecular flexibility index (Phi) is 5.01. The second-order valence-corrected chi connectivity index (χ2v) is 5.61. The maximum atomic E-state index is 13.6. The van der Waals surface area contributed by atoms with Crippen LogP contribution in [0, 0.1) is 24.4 Å². The molecular weight excluding hydrogens is 347 g/mol. The van der Waals surface area contributed by atoms with Crippen LogP contribution in [0.4, 0.5) is 13.2 Å². The molecule has 134 valence electrons. The van der Waals surface area contributed by atoms with Crippen molar-refractivity contribution in [2.24, 2.45) is 0 Å². The Bertz CT molecular complexity index is 939. The van der Waals surface area contributed by atoms with E-state index in [1.54, 1.807) is 0 Å². The fourth-order valence-electron chi connectivity index (χ4n) is 2.26. The van der Waals surface area contributed by atoms with Crippen molar-refractivity contribution in [3.05, 3.63) is 70.9 Å². The van der Waals surface area contributed by atoms with Crippen molar-refractivity contribution in [2.75, 3.05) is 6.54 Å². The molecule has 0 spiro atoms. The molecule has 3 aromatic rings. The van der Waals surface area contributed by atoms with Crippen LogP contribution in [-0.2, 0) is 6.42 Å². The summed E-state index contributed by atoms with van der Waals surface area (Å²) >= 11 is 0. The predicted octanol–water partition coefficient (Wildman–Crippen LogP) is 3.43. The van der Waals surface area contributed by atoms with Crippen LogP contribution >= 0.6 is 0 Å². The molecule has 0 aliphatic heterocycles. The number of carbonyl (C=O) groups is 1. The lowest BCUT2D eigenvalue weighted by Gasteiger charge is -2.05. The first kappa shape index (κ1) is 17.7. The van der Waals surface area contributed by atoms with Gasteiger partial charge in [0.2, 0.25) is 11.7 Å². The van der Waals surface area contributed by atoms with Crippen LogP contribution in [-0.4, -0.2) is 22.6 Å². The second-order valence-electron chi connectivity index (χ2n) is 5.61. The van der Waals surface area contributed by atoms with E-state index in [0.29, 0.717) is 11.9 Å². The summed E-state index contributed by atoms with van der Waals surface area (Å²) in [6.45, 7) is 2.02. The lowest BCUT2D eigenvalue weighted by Crippen LogP contribution is -2.27. The number of benzene rings is 2. The summed E-state index contributed by atoms with van der Waals surface area (Å²) < 4.78 is 44.7. The van der Waals surface area contributed by atoms with Gasteiger partial charge in [-0.1, -0.05) is 35.0 Å². The van der Waals surface area contributed by atoms with E-state index < -0.39 is 28.9 Å². The summed E-state index contributed by atoms with van der Waals surface area (Å²) in [6, 6.07) is 9.13. The van der Waals surface area contributed by atoms with E-state index in [1.165, 1.54) is 0 Å². The van der Waals surface area contributed by atoms with Gasteiger partial charge in [0.15, 0.2) is 17.5 Å². The molecule has 2 aromatic carbocycles. The van der Waals surface area contributed by atoms with Gasteiger partial charge in [-0.2, -0.15) is 4.98 Å². The normalized spacial score (nSPS) is 10.8. The first-order chi connectivity index (χ1) is 12.5. The van der Waals surface area contributed by atoms with Crippen molar-refractivity contribution < 1.29 is 22.5 Å². The number of nitrogens with zero attached hydrogens (tertiary/aromatic N) is 2. The van der Waals surface area contributed by atoms with Crippen molar-refractivity contribution >= 4 is 5.91 Å². The molecular formula is C18H14F3N3O2. The molecule has 0 aliphatic carbocycles. The maximum absolute atomic E-state index is 13.6. The minimum absolute atomic E-state index is 0.0623. The van der Waals surface area contributed by atoms with E-state index >= 15 is 0 Å². The molecule has 26 heavy (non-hydrogen) atoms. The van der Waals surface area contributed by atoms with Gasteiger partial charge in [-0.05, 0) is 19.1 Å². The van der Waals surface area contributed by atoms with E-state index in [0.717, 1.165) is 17.2 Å². The van der Waals surface area contributed by atoms with Gasteiger partial charge in [-0.25, -0.2) is 13.2 Å². The quantitative estimate of drug-likeness (QED) is 0.707. The van der Waals surface area contributed by atoms with Gasteiger partial charge >= 0.3 is 0 Å². The van der Waals surface area contributed by atoms with Crippen LogP contribution in [0.3, 0.4) is 0 Å². The van der Waals surface area contributed by atoms with E-state index in [-0.39, 0.29) is 18.9 Å². The zero-order chi connectivity index (χ0) is 18.7. The maximum Gasteiger partial charge on any atom is 0.254 e. The SMILES string of the molecule is Cc1ccc(-c2noc(CCNC(=O)c3ccc(F)c(F)c3F)n2)cc1. The molecule has 8 heteroatoms. The summed E-state index contributed by atoms with van der Waals surface area (Å²) in [7, 11) is 0. The second kappa shape index (κ2) is 7.38. The van der Waals surface area contributed by atoms with Gasteiger partial charge < -0.3 is 9.84 Å². The number of aromatic nitrogens is 2. The predicted molar refractivity (Wildman–Crippen MR) is 86.8 cm³/mol. The van der Waals surface area contributed by atoms with E-state index in [9.17, 15) is 18.0 Å². The zero-order valence-electron chi connectivity index (χ0n) is 13.7. The van der Waals surface area contributed by atoms with Crippen LogP contribution < -0.4 is 5.32 Å². The minimum atomic E-state index is -1.68. The Hall–Kier alpha value is -3.16. The highest BCUT2D eigenvalue weighted by atomic mass is 19.2. The van der Waals surface area contributed by atoms with Gasteiger partial charge in [0, 0.05) is 18.5 Å². The molecule has 3 rings (SSSR count). The Morgan fingerprint density at radius 2 is 1.81 bits per heavy atom. The Morgan fingerprint density at radius 3 is 2.54 bits per heavy atom. The molecule has 0 fully saturated rings. The summed E-state index contributed by atoms with van der Waals surface area (Å²) in [5.41, 5.74) is 1.32. The third-order valence-electron chi connectivity index (χ3n) is 3.68. The zero-order valence-corrected chi connectivity index (χ0v) is 13.7. The van der Waals surface area contributed by atoms with Crippen LogP contribution in [0.1, 0.15) is 21.8 Å². The average molecular weight is 361 g/mol. The monoisotopic (exact) mass is 361 g/mol. The summed E-state index contributed by atoms with van der Waals surface area (Å²) in [5, 5.41) is 6.25. The molecule has 0 aliphatic rings. The van der Waals surface area contributed by atoms with Gasteiger partial charge in [0.1, 0.15) is 0 Å². The van der Waals surface area contributed by atoms with Gasteiger partial charge in [-0.15, -0.1) is 0 Å². The molecule has 5 nitrogen and oxygen atoms in total. The third kappa shape index (κ3) is 3.74. The lowest BCUT2D eigenvalue weighted by atomic mass is 10.1. The number of carbonyl (C=O) groups excluding carboxylic acids is 1. The number of rotatable bonds is 5. The minimum Gasteiger partial charge on any atom is -0.351 e. The highest BCUT2D eigenvalue weighted by molar-refractivity contribution is 5.94. The van der Waals surface area contributed by atoms with Gasteiger partial charge in [0.05, 0.1) is 5.56 Å². The highest BCUT2D eigenvalue weighted by Gasteiger charge is 2.18. The molecule has 0 saturated carbocycles. The van der Waals surface area contributed by atoms with Crippen LogP contribution in [0.25, 0.3) is 11.4 Å². The molecule has 0 atom stereocenters. The molecule has 1 heterocycles. The molecule has 0 radical (unpaired) electrons. The van der Waals surface area contributed by atoms with Gasteiger partial charge in [-0.3, -0.25) is 4.79 Å². The molecule has 0 saturated heterocycles. The average Bonchev–Trinajstić information content (AvgIpc) is 3.09. The van der Waals surface area contributed by atoms with E-state index in [1.807, 2.05) is 31.2 Å². The number of halogens is 3. The Morgan fingerprint density at radius 1 is 1.08 bits per heavy atom. The van der Waals surface area contributed by atoms with Crippen molar-refractivity contribution in [1.29, 1.82) is 0 Å². The Labute approximate surface area is 146 Å². The van der Waals surface area contributed by atoms with E-state index in [2.05, 4.69) is 15.5 Å². The molecule has 0 bridgehead atoms. The van der Waals surface area contributed by atoms with Crippen molar-refractivity contribution in [3.8, 4) is 11.4 Å². The van der Waals surface area contributed by atoms with Crippen LogP contribution in [0.5, 0.6) is 0 Å².